The van der Waals surface area contributed by atoms with Crippen LogP contribution in [0.15, 0.2) is 167 Å². The van der Waals surface area contributed by atoms with E-state index in [-0.39, 0.29) is 38.9 Å². The monoisotopic (exact) mass is 849 g/mol. The summed E-state index contributed by atoms with van der Waals surface area (Å²) in [6.45, 7) is 0. The van der Waals surface area contributed by atoms with Crippen molar-refractivity contribution in [2.45, 2.75) is 14.7 Å². The van der Waals surface area contributed by atoms with Crippen molar-refractivity contribution < 1.29 is 44.0 Å². The predicted molar refractivity (Wildman–Crippen MR) is 213 cm³/mol. The first-order valence-electron chi connectivity index (χ1n) is 16.7. The second-order valence-electron chi connectivity index (χ2n) is 12.5. The molecule has 0 aliphatic carbocycles. The molecule has 0 aliphatic rings. The molecule has 0 atom stereocenters. The van der Waals surface area contributed by atoms with Crippen LogP contribution in [0.1, 0.15) is 0 Å². The summed E-state index contributed by atoms with van der Waals surface area (Å²) in [6, 6.07) is 29.7. The number of nitrogens with two attached hydrogens (primary N) is 2. The van der Waals surface area contributed by atoms with Gasteiger partial charge in [-0.1, -0.05) is 60.7 Å². The molecule has 5 N–H and O–H groups in total. The van der Waals surface area contributed by atoms with Crippen LogP contribution in [-0.4, -0.2) is 44.0 Å². The smallest absolute Gasteiger partial charge is 0.154 e. The van der Waals surface area contributed by atoms with Crippen LogP contribution in [0.2, 0.25) is 0 Å². The fourth-order valence-corrected chi connectivity index (χ4v) is 8.00. The molecule has 0 unspecified atom stereocenters. The third-order valence-corrected chi connectivity index (χ3v) is 11.4. The number of phenols is 1. The summed E-state index contributed by atoms with van der Waals surface area (Å²) in [4.78, 5) is -2.44. The molecule has 18 nitrogen and oxygen atoms in total. The fourth-order valence-electron chi connectivity index (χ4n) is 6.00. The minimum Gasteiger partial charge on any atom is -0.744 e. The molecule has 0 heterocycles. The molecule has 0 spiro atoms. The van der Waals surface area contributed by atoms with Crippen molar-refractivity contribution in [2.75, 3.05) is 11.5 Å². The maximum Gasteiger partial charge on any atom is 0.154 e. The molecular weight excluding hydrogens is 825 g/mol. The second kappa shape index (κ2) is 15.4. The summed E-state index contributed by atoms with van der Waals surface area (Å²) < 4.78 is 109. The quantitative estimate of drug-likeness (QED) is 0.0662. The van der Waals surface area contributed by atoms with Crippen LogP contribution in [-0.2, 0) is 30.4 Å². The average Bonchev–Trinajstić information content (AvgIpc) is 3.19. The van der Waals surface area contributed by atoms with Crippen LogP contribution in [0.3, 0.4) is 0 Å². The summed E-state index contributed by atoms with van der Waals surface area (Å²) in [5.41, 5.74) is 13.2. The number of hydrogen-bond acceptors (Lipinski definition) is 18. The van der Waals surface area contributed by atoms with Crippen molar-refractivity contribution in [3.63, 3.8) is 0 Å². The number of aromatic hydroxyl groups is 1. The van der Waals surface area contributed by atoms with Gasteiger partial charge >= 0.3 is 0 Å². The molecule has 0 aliphatic heterocycles. The molecular formula is C38H25N8O10S3-3. The van der Waals surface area contributed by atoms with Gasteiger partial charge in [-0.3, -0.25) is 0 Å². The van der Waals surface area contributed by atoms with Gasteiger partial charge in [0, 0.05) is 10.8 Å². The minimum atomic E-state index is -5.34. The molecule has 0 saturated heterocycles. The largest absolute Gasteiger partial charge is 0.744 e. The molecule has 0 amide bonds. The Hall–Kier alpha value is -7.01. The number of hydrogen-bond donors (Lipinski definition) is 3. The van der Waals surface area contributed by atoms with Crippen LogP contribution in [0.4, 0.5) is 45.5 Å². The van der Waals surface area contributed by atoms with Crippen molar-refractivity contribution in [1.82, 2.24) is 0 Å². The van der Waals surface area contributed by atoms with Crippen LogP contribution in [0, 0.1) is 0 Å². The van der Waals surface area contributed by atoms with E-state index in [9.17, 15) is 44.0 Å². The Kier molecular flexibility index (Phi) is 10.5. The van der Waals surface area contributed by atoms with Gasteiger partial charge in [0.05, 0.1) is 48.5 Å². The first-order chi connectivity index (χ1) is 27.9. The Labute approximate surface area is 335 Å². The molecule has 59 heavy (non-hydrogen) atoms. The van der Waals surface area contributed by atoms with E-state index in [0.717, 1.165) is 23.3 Å². The Morgan fingerprint density at radius 2 is 0.949 bits per heavy atom. The van der Waals surface area contributed by atoms with Gasteiger partial charge in [0.1, 0.15) is 47.4 Å². The Morgan fingerprint density at radius 3 is 1.49 bits per heavy atom. The lowest BCUT2D eigenvalue weighted by Gasteiger charge is -2.18. The number of anilines is 2. The Balaban J connectivity index is 1.16. The van der Waals surface area contributed by atoms with Crippen molar-refractivity contribution in [2.24, 2.45) is 30.7 Å². The number of fused-ring (bicyclic) bond motifs is 2. The van der Waals surface area contributed by atoms with E-state index in [1.165, 1.54) is 48.5 Å². The van der Waals surface area contributed by atoms with E-state index in [2.05, 4.69) is 30.7 Å². The second-order valence-corrected chi connectivity index (χ2v) is 16.6. The third-order valence-electron chi connectivity index (χ3n) is 8.79. The third kappa shape index (κ3) is 8.36. The lowest BCUT2D eigenvalue weighted by atomic mass is 10.0. The molecule has 0 aromatic heterocycles. The minimum absolute atomic E-state index is 0.140. The van der Waals surface area contributed by atoms with Crippen LogP contribution >= 0.6 is 0 Å². The maximum atomic E-state index is 12.4. The summed E-state index contributed by atoms with van der Waals surface area (Å²) in [7, 11) is -15.4. The van der Waals surface area contributed by atoms with Gasteiger partial charge in [-0.05, 0) is 77.2 Å². The van der Waals surface area contributed by atoms with E-state index in [0.29, 0.717) is 11.1 Å². The van der Waals surface area contributed by atoms with Gasteiger partial charge in [-0.2, -0.15) is 15.3 Å². The average molecular weight is 850 g/mol. The fraction of sp³-hybridized carbons (Fsp3) is 0. The lowest BCUT2D eigenvalue weighted by molar-refractivity contribution is 0.458. The van der Waals surface area contributed by atoms with Crippen molar-refractivity contribution >= 4 is 97.4 Å². The molecule has 7 rings (SSSR count). The van der Waals surface area contributed by atoms with Gasteiger partial charge < -0.3 is 30.2 Å². The van der Waals surface area contributed by atoms with Crippen molar-refractivity contribution in [3.8, 4) is 16.9 Å². The summed E-state index contributed by atoms with van der Waals surface area (Å²) in [5.74, 6) is -0.940. The molecule has 7 aromatic carbocycles. The van der Waals surface area contributed by atoms with E-state index in [1.54, 1.807) is 60.7 Å². The van der Waals surface area contributed by atoms with Crippen molar-refractivity contribution in [1.29, 1.82) is 0 Å². The number of rotatable bonds is 10. The first-order valence-corrected chi connectivity index (χ1v) is 20.9. The summed E-state index contributed by atoms with van der Waals surface area (Å²) in [5, 5.41) is 35.0. The SMILES string of the molecule is Nc1c(N=Nc2ccc(-c3ccc(N=Nc4c(S(=O)(=O)[O-])cc5cc(S(=O)(=O)[O-])c(N=Nc6ccccc6)c(O)c5c4N)cc3)cc2)ccc2c(S(=O)(=O)[O-])cccc12. The standard InChI is InChI=1S/C38H28N8O10S3/c39-34-28-7-4-8-30(57(48,49)50)27(28)17-18-29(34)44-41-25-13-9-21(10-14-25)22-11-15-26(16-12-22)43-45-36-31(58(51,52)53)19-23-20-32(59(54,55)56)37(38(47)33(23)35(36)40)46-42-24-5-2-1-3-6-24/h1-20,47H,39-40H2,(H,48,49,50)(H,51,52,53)(H,54,55,56)/p-3. The summed E-state index contributed by atoms with van der Waals surface area (Å²) >= 11 is 0. The molecule has 0 fully saturated rings. The van der Waals surface area contributed by atoms with Crippen LogP contribution in [0.25, 0.3) is 32.7 Å². The molecule has 298 valence electrons. The lowest BCUT2D eigenvalue weighted by Crippen LogP contribution is -2.04. The molecule has 7 aromatic rings. The molecule has 0 saturated carbocycles. The van der Waals surface area contributed by atoms with Gasteiger partial charge in [0.25, 0.3) is 0 Å². The van der Waals surface area contributed by atoms with Gasteiger partial charge in [-0.25, -0.2) is 25.3 Å². The van der Waals surface area contributed by atoms with E-state index in [4.69, 9.17) is 11.5 Å². The van der Waals surface area contributed by atoms with Crippen LogP contribution < -0.4 is 11.5 Å². The van der Waals surface area contributed by atoms with E-state index >= 15 is 0 Å². The number of benzene rings is 7. The molecule has 0 radical (unpaired) electrons. The Bertz CT molecular complexity index is 3260. The highest BCUT2D eigenvalue weighted by molar-refractivity contribution is 7.86. The zero-order valence-corrected chi connectivity index (χ0v) is 32.2. The highest BCUT2D eigenvalue weighted by Gasteiger charge is 2.24. The highest BCUT2D eigenvalue weighted by Crippen LogP contribution is 2.48. The first kappa shape index (κ1) is 40.2. The van der Waals surface area contributed by atoms with Gasteiger partial charge in [-0.15, -0.1) is 15.3 Å². The van der Waals surface area contributed by atoms with Crippen LogP contribution in [0.5, 0.6) is 5.75 Å². The molecule has 0 bridgehead atoms. The van der Waals surface area contributed by atoms with Gasteiger partial charge in [0.2, 0.25) is 0 Å². The highest BCUT2D eigenvalue weighted by atomic mass is 32.2. The zero-order valence-electron chi connectivity index (χ0n) is 29.7. The van der Waals surface area contributed by atoms with Gasteiger partial charge in [0.15, 0.2) is 5.75 Å². The normalized spacial score (nSPS) is 12.7. The topological polar surface area (TPSA) is 318 Å². The predicted octanol–water partition coefficient (Wildman–Crippen LogP) is 8.49. The number of nitrogens with zero attached hydrogens (tertiary/aromatic N) is 6. The van der Waals surface area contributed by atoms with E-state index in [1.807, 2.05) is 0 Å². The number of nitrogen functional groups attached to an aromatic ring is 2. The molecule has 21 heteroatoms. The zero-order chi connectivity index (χ0) is 42.3. The maximum absolute atomic E-state index is 12.4. The summed E-state index contributed by atoms with van der Waals surface area (Å²) in [6.07, 6.45) is 0. The van der Waals surface area contributed by atoms with E-state index < -0.39 is 67.9 Å². The number of phenolic OH excluding ortho intramolecular Hbond substituents is 1. The van der Waals surface area contributed by atoms with Crippen molar-refractivity contribution in [3.05, 3.63) is 121 Å². The number of azo groups is 3. The Morgan fingerprint density at radius 1 is 0.458 bits per heavy atom.